The van der Waals surface area contributed by atoms with Crippen LogP contribution in [0.3, 0.4) is 0 Å². The van der Waals surface area contributed by atoms with Gasteiger partial charge >= 0.3 is 0 Å². The Kier molecular flexibility index (Phi) is 6.35. The van der Waals surface area contributed by atoms with E-state index in [4.69, 9.17) is 9.47 Å². The number of hydrogen-bond donors (Lipinski definition) is 2. The van der Waals surface area contributed by atoms with Crippen LogP contribution in [0.15, 0.2) is 54.9 Å². The fourth-order valence-corrected chi connectivity index (χ4v) is 2.61. The van der Waals surface area contributed by atoms with Crippen LogP contribution in [-0.4, -0.2) is 51.7 Å². The Balaban J connectivity index is 1.47. The van der Waals surface area contributed by atoms with Crippen molar-refractivity contribution in [2.24, 2.45) is 0 Å². The molecule has 8 heteroatoms. The number of aliphatic hydroxyl groups is 1. The van der Waals surface area contributed by atoms with Crippen LogP contribution in [0.1, 0.15) is 18.5 Å². The van der Waals surface area contributed by atoms with Crippen molar-refractivity contribution in [1.29, 1.82) is 0 Å². The first kappa shape index (κ1) is 18.8. The summed E-state index contributed by atoms with van der Waals surface area (Å²) in [5, 5.41) is 24.6. The summed E-state index contributed by atoms with van der Waals surface area (Å²) in [6, 6.07) is 15.4. The van der Waals surface area contributed by atoms with Gasteiger partial charge in [-0.25, -0.2) is 4.68 Å². The van der Waals surface area contributed by atoms with E-state index in [1.54, 1.807) is 18.1 Å². The molecule has 0 fully saturated rings. The standard InChI is InChI=1S/C19H23N5O3/c1-14(15-7-9-16(10-8-15)24-13-21-22-23-24)20-11-17(25)12-27-19-6-4-3-5-18(19)26-2/h3-10,13-14,17,20,25H,11-12H2,1-2H3. The van der Waals surface area contributed by atoms with Crippen molar-refractivity contribution < 1.29 is 14.6 Å². The van der Waals surface area contributed by atoms with Crippen LogP contribution in [0.5, 0.6) is 11.5 Å². The minimum atomic E-state index is -0.641. The molecule has 2 unspecified atom stereocenters. The number of nitrogens with zero attached hydrogens (tertiary/aromatic N) is 4. The largest absolute Gasteiger partial charge is 0.493 e. The summed E-state index contributed by atoms with van der Waals surface area (Å²) < 4.78 is 12.5. The molecule has 0 aliphatic rings. The molecular weight excluding hydrogens is 346 g/mol. The summed E-state index contributed by atoms with van der Waals surface area (Å²) in [4.78, 5) is 0. The molecule has 0 saturated heterocycles. The molecule has 3 rings (SSSR count). The predicted octanol–water partition coefficient (Wildman–Crippen LogP) is 1.76. The number of aliphatic hydroxyl groups excluding tert-OH is 1. The number of para-hydroxylation sites is 2. The minimum Gasteiger partial charge on any atom is -0.493 e. The van der Waals surface area contributed by atoms with Gasteiger partial charge in [0.25, 0.3) is 0 Å². The van der Waals surface area contributed by atoms with E-state index in [2.05, 4.69) is 20.8 Å². The molecule has 0 radical (unpaired) electrons. The van der Waals surface area contributed by atoms with Gasteiger partial charge in [0.05, 0.1) is 12.8 Å². The van der Waals surface area contributed by atoms with Gasteiger partial charge in [-0.1, -0.05) is 24.3 Å². The normalized spacial score (nSPS) is 13.1. The molecule has 2 N–H and O–H groups in total. The molecule has 1 aromatic heterocycles. The summed E-state index contributed by atoms with van der Waals surface area (Å²) in [6.07, 6.45) is 0.909. The molecule has 2 aromatic carbocycles. The summed E-state index contributed by atoms with van der Waals surface area (Å²) >= 11 is 0. The summed E-state index contributed by atoms with van der Waals surface area (Å²) in [5.74, 6) is 1.26. The van der Waals surface area contributed by atoms with E-state index in [1.165, 1.54) is 0 Å². The fourth-order valence-electron chi connectivity index (χ4n) is 2.61. The van der Waals surface area contributed by atoms with Crippen LogP contribution in [0.2, 0.25) is 0 Å². The van der Waals surface area contributed by atoms with E-state index in [1.807, 2.05) is 55.5 Å². The SMILES string of the molecule is COc1ccccc1OCC(O)CNC(C)c1ccc(-n2cnnn2)cc1. The molecule has 2 atom stereocenters. The van der Waals surface area contributed by atoms with Gasteiger partial charge in [-0.15, -0.1) is 5.10 Å². The van der Waals surface area contributed by atoms with Crippen molar-refractivity contribution in [2.75, 3.05) is 20.3 Å². The highest BCUT2D eigenvalue weighted by atomic mass is 16.5. The van der Waals surface area contributed by atoms with E-state index in [-0.39, 0.29) is 12.6 Å². The third-order valence-corrected chi connectivity index (χ3v) is 4.17. The molecule has 8 nitrogen and oxygen atoms in total. The van der Waals surface area contributed by atoms with E-state index >= 15 is 0 Å². The van der Waals surface area contributed by atoms with Crippen LogP contribution < -0.4 is 14.8 Å². The van der Waals surface area contributed by atoms with E-state index in [9.17, 15) is 5.11 Å². The zero-order valence-corrected chi connectivity index (χ0v) is 15.3. The second kappa shape index (κ2) is 9.11. The predicted molar refractivity (Wildman–Crippen MR) is 100 cm³/mol. The zero-order valence-electron chi connectivity index (χ0n) is 15.3. The Labute approximate surface area is 157 Å². The summed E-state index contributed by atoms with van der Waals surface area (Å²) in [7, 11) is 1.59. The molecule has 0 spiro atoms. The first-order valence-electron chi connectivity index (χ1n) is 8.68. The molecule has 0 saturated carbocycles. The summed E-state index contributed by atoms with van der Waals surface area (Å²) in [6.45, 7) is 2.63. The lowest BCUT2D eigenvalue weighted by atomic mass is 10.1. The number of ether oxygens (including phenoxy) is 2. The maximum Gasteiger partial charge on any atom is 0.161 e. The van der Waals surface area contributed by atoms with Crippen molar-refractivity contribution >= 4 is 0 Å². The van der Waals surface area contributed by atoms with Crippen molar-refractivity contribution in [1.82, 2.24) is 25.5 Å². The lowest BCUT2D eigenvalue weighted by Crippen LogP contribution is -2.33. The van der Waals surface area contributed by atoms with E-state index < -0.39 is 6.10 Å². The zero-order chi connectivity index (χ0) is 19.1. The van der Waals surface area contributed by atoms with Crippen LogP contribution in [0.4, 0.5) is 0 Å². The smallest absolute Gasteiger partial charge is 0.161 e. The van der Waals surface area contributed by atoms with Crippen molar-refractivity contribution in [2.45, 2.75) is 19.1 Å². The average molecular weight is 369 g/mol. The molecule has 1 heterocycles. The van der Waals surface area contributed by atoms with E-state index in [0.717, 1.165) is 11.3 Å². The quantitative estimate of drug-likeness (QED) is 0.593. The number of tetrazole rings is 1. The summed E-state index contributed by atoms with van der Waals surface area (Å²) in [5.41, 5.74) is 1.99. The van der Waals surface area contributed by atoms with Gasteiger partial charge in [-0.05, 0) is 47.2 Å². The second-order valence-corrected chi connectivity index (χ2v) is 6.09. The van der Waals surface area contributed by atoms with Crippen LogP contribution >= 0.6 is 0 Å². The van der Waals surface area contributed by atoms with Gasteiger partial charge in [0.15, 0.2) is 11.5 Å². The Morgan fingerprint density at radius 3 is 2.52 bits per heavy atom. The van der Waals surface area contributed by atoms with Gasteiger partial charge in [0.1, 0.15) is 19.0 Å². The number of methoxy groups -OCH3 is 1. The maximum atomic E-state index is 10.2. The lowest BCUT2D eigenvalue weighted by molar-refractivity contribution is 0.102. The Bertz CT molecular complexity index is 824. The lowest BCUT2D eigenvalue weighted by Gasteiger charge is -2.18. The third-order valence-electron chi connectivity index (χ3n) is 4.17. The number of aromatic nitrogens is 4. The number of rotatable bonds is 9. The molecular formula is C19H23N5O3. The number of benzene rings is 2. The molecule has 0 amide bonds. The monoisotopic (exact) mass is 369 g/mol. The Morgan fingerprint density at radius 1 is 1.11 bits per heavy atom. The molecule has 0 bridgehead atoms. The molecule has 142 valence electrons. The Hall–Kier alpha value is -2.97. The van der Waals surface area contributed by atoms with Crippen molar-refractivity contribution in [3.05, 3.63) is 60.4 Å². The topological polar surface area (TPSA) is 94.3 Å². The first-order chi connectivity index (χ1) is 13.2. The van der Waals surface area contributed by atoms with Crippen molar-refractivity contribution in [3.8, 4) is 17.2 Å². The van der Waals surface area contributed by atoms with Gasteiger partial charge in [-0.2, -0.15) is 0 Å². The highest BCUT2D eigenvalue weighted by Crippen LogP contribution is 2.25. The van der Waals surface area contributed by atoms with Gasteiger partial charge in [0, 0.05) is 12.6 Å². The highest BCUT2D eigenvalue weighted by Gasteiger charge is 2.11. The van der Waals surface area contributed by atoms with Gasteiger partial charge in [0.2, 0.25) is 0 Å². The average Bonchev–Trinajstić information content (AvgIpc) is 3.25. The van der Waals surface area contributed by atoms with E-state index in [0.29, 0.717) is 18.0 Å². The minimum absolute atomic E-state index is 0.0776. The molecule has 0 aliphatic carbocycles. The van der Waals surface area contributed by atoms with Gasteiger partial charge < -0.3 is 19.9 Å². The van der Waals surface area contributed by atoms with Gasteiger partial charge in [-0.3, -0.25) is 0 Å². The van der Waals surface area contributed by atoms with Crippen LogP contribution in [0.25, 0.3) is 5.69 Å². The van der Waals surface area contributed by atoms with Crippen LogP contribution in [-0.2, 0) is 0 Å². The second-order valence-electron chi connectivity index (χ2n) is 6.09. The van der Waals surface area contributed by atoms with Crippen LogP contribution in [0, 0.1) is 0 Å². The Morgan fingerprint density at radius 2 is 1.85 bits per heavy atom. The molecule has 0 aliphatic heterocycles. The number of nitrogens with one attached hydrogen (secondary N) is 1. The number of hydrogen-bond acceptors (Lipinski definition) is 7. The highest BCUT2D eigenvalue weighted by molar-refractivity contribution is 5.39. The molecule has 27 heavy (non-hydrogen) atoms. The van der Waals surface area contributed by atoms with Crippen molar-refractivity contribution in [3.63, 3.8) is 0 Å². The maximum absolute atomic E-state index is 10.2. The third kappa shape index (κ3) is 5.02. The fraction of sp³-hybridized carbons (Fsp3) is 0.316. The first-order valence-corrected chi connectivity index (χ1v) is 8.68. The molecule has 3 aromatic rings.